The fourth-order valence-electron chi connectivity index (χ4n) is 1.30. The summed E-state index contributed by atoms with van der Waals surface area (Å²) in [5.41, 5.74) is 0.673. The summed E-state index contributed by atoms with van der Waals surface area (Å²) >= 11 is 0. The van der Waals surface area contributed by atoms with Crippen molar-refractivity contribution in [1.82, 2.24) is 0 Å². The van der Waals surface area contributed by atoms with Gasteiger partial charge in [0, 0.05) is 6.07 Å². The van der Waals surface area contributed by atoms with E-state index >= 15 is 0 Å². The van der Waals surface area contributed by atoms with Crippen molar-refractivity contribution in [2.24, 2.45) is 0 Å². The minimum absolute atomic E-state index is 0.264. The monoisotopic (exact) mass is 193 g/mol. The number of benzene rings is 1. The molecule has 0 saturated heterocycles. The van der Waals surface area contributed by atoms with E-state index in [2.05, 4.69) is 6.07 Å². The predicted octanol–water partition coefficient (Wildman–Crippen LogP) is 2.85. The summed E-state index contributed by atoms with van der Waals surface area (Å²) in [5, 5.41) is 8.82. The number of methoxy groups -OCH3 is 1. The molecule has 1 aromatic carbocycles. The number of halogens is 1. The lowest BCUT2D eigenvalue weighted by molar-refractivity contribution is 0.410. The molecule has 0 amide bonds. The van der Waals surface area contributed by atoms with Crippen LogP contribution in [0.2, 0.25) is 0 Å². The van der Waals surface area contributed by atoms with Crippen molar-refractivity contribution in [2.75, 3.05) is 7.11 Å². The Balaban J connectivity index is 3.09. The van der Waals surface area contributed by atoms with Crippen LogP contribution < -0.4 is 4.74 Å². The molecule has 0 spiro atoms. The molecule has 1 rings (SSSR count). The minimum Gasteiger partial charge on any atom is -0.497 e. The van der Waals surface area contributed by atoms with E-state index in [0.29, 0.717) is 17.7 Å². The molecule has 1 unspecified atom stereocenters. The number of ether oxygens (including phenoxy) is 1. The van der Waals surface area contributed by atoms with Gasteiger partial charge < -0.3 is 4.74 Å². The van der Waals surface area contributed by atoms with Crippen molar-refractivity contribution in [3.8, 4) is 11.8 Å². The molecule has 14 heavy (non-hydrogen) atoms. The highest BCUT2D eigenvalue weighted by molar-refractivity contribution is 5.34. The van der Waals surface area contributed by atoms with Crippen molar-refractivity contribution >= 4 is 0 Å². The lowest BCUT2D eigenvalue weighted by Gasteiger charge is -2.08. The Morgan fingerprint density at radius 3 is 2.71 bits per heavy atom. The summed E-state index contributed by atoms with van der Waals surface area (Å²) in [4.78, 5) is 0. The summed E-state index contributed by atoms with van der Waals surface area (Å²) in [5.74, 6) is -0.179. The Hall–Kier alpha value is -1.56. The molecule has 0 N–H and O–H groups in total. The number of nitrogens with zero attached hydrogens (tertiary/aromatic N) is 1. The van der Waals surface area contributed by atoms with Crippen LogP contribution in [-0.4, -0.2) is 7.11 Å². The summed E-state index contributed by atoms with van der Waals surface area (Å²) in [6.07, 6.45) is 0.670. The molecule has 0 heterocycles. The molecule has 1 aromatic rings. The number of hydrogen-bond acceptors (Lipinski definition) is 2. The van der Waals surface area contributed by atoms with Gasteiger partial charge >= 0.3 is 0 Å². The van der Waals surface area contributed by atoms with Crippen LogP contribution in [0.3, 0.4) is 0 Å². The lowest BCUT2D eigenvalue weighted by atomic mass is 9.98. The van der Waals surface area contributed by atoms with E-state index in [9.17, 15) is 4.39 Å². The minimum atomic E-state index is -0.368. The van der Waals surface area contributed by atoms with Crippen LogP contribution in [0.25, 0.3) is 0 Å². The zero-order valence-corrected chi connectivity index (χ0v) is 8.25. The second-order valence-electron chi connectivity index (χ2n) is 3.01. The van der Waals surface area contributed by atoms with Gasteiger partial charge in [0.05, 0.1) is 19.1 Å². The predicted molar refractivity (Wildman–Crippen MR) is 51.6 cm³/mol. The van der Waals surface area contributed by atoms with Crippen LogP contribution in [-0.2, 0) is 0 Å². The lowest BCUT2D eigenvalue weighted by Crippen LogP contribution is -1.96. The second-order valence-corrected chi connectivity index (χ2v) is 3.01. The van der Waals surface area contributed by atoms with Crippen LogP contribution in [0.15, 0.2) is 18.2 Å². The van der Waals surface area contributed by atoms with Crippen molar-refractivity contribution < 1.29 is 9.13 Å². The number of nitriles is 1. The highest BCUT2D eigenvalue weighted by atomic mass is 19.1. The summed E-state index contributed by atoms with van der Waals surface area (Å²) in [6, 6.07) is 6.49. The third-order valence-corrected chi connectivity index (χ3v) is 2.10. The maximum Gasteiger partial charge on any atom is 0.127 e. The van der Waals surface area contributed by atoms with Gasteiger partial charge in [-0.05, 0) is 24.1 Å². The summed E-state index contributed by atoms with van der Waals surface area (Å²) in [6.45, 7) is 1.89. The molecule has 0 aromatic heterocycles. The van der Waals surface area contributed by atoms with E-state index in [1.807, 2.05) is 6.92 Å². The van der Waals surface area contributed by atoms with E-state index in [0.717, 1.165) is 0 Å². The Bertz CT molecular complexity index is 357. The van der Waals surface area contributed by atoms with Crippen molar-refractivity contribution in [3.05, 3.63) is 29.6 Å². The first-order valence-electron chi connectivity index (χ1n) is 4.45. The van der Waals surface area contributed by atoms with Crippen LogP contribution in [0.4, 0.5) is 4.39 Å². The van der Waals surface area contributed by atoms with Crippen LogP contribution in [0, 0.1) is 17.1 Å². The van der Waals surface area contributed by atoms with Gasteiger partial charge in [-0.1, -0.05) is 6.92 Å². The molecule has 74 valence electrons. The number of rotatable bonds is 3. The summed E-state index contributed by atoms with van der Waals surface area (Å²) in [7, 11) is 1.48. The first-order valence-corrected chi connectivity index (χ1v) is 4.45. The Labute approximate surface area is 82.9 Å². The van der Waals surface area contributed by atoms with Crippen molar-refractivity contribution in [1.29, 1.82) is 5.26 Å². The van der Waals surface area contributed by atoms with E-state index in [-0.39, 0.29) is 11.7 Å². The van der Waals surface area contributed by atoms with Crippen LogP contribution in [0.1, 0.15) is 24.8 Å². The Morgan fingerprint density at radius 1 is 1.50 bits per heavy atom. The molecular formula is C11H12FNO. The zero-order chi connectivity index (χ0) is 10.6. The van der Waals surface area contributed by atoms with Crippen LogP contribution in [0.5, 0.6) is 5.75 Å². The van der Waals surface area contributed by atoms with Gasteiger partial charge in [-0.3, -0.25) is 0 Å². The quantitative estimate of drug-likeness (QED) is 0.739. The summed E-state index contributed by atoms with van der Waals surface area (Å²) < 4.78 is 18.0. The molecule has 2 nitrogen and oxygen atoms in total. The van der Waals surface area contributed by atoms with Gasteiger partial charge in [-0.2, -0.15) is 5.26 Å². The maximum absolute atomic E-state index is 13.1. The Morgan fingerprint density at radius 2 is 2.21 bits per heavy atom. The van der Waals surface area contributed by atoms with Gasteiger partial charge in [0.15, 0.2) is 0 Å². The first kappa shape index (κ1) is 10.5. The highest BCUT2D eigenvalue weighted by Gasteiger charge is 2.10. The molecule has 3 heteroatoms. The van der Waals surface area contributed by atoms with Crippen molar-refractivity contribution in [2.45, 2.75) is 19.3 Å². The van der Waals surface area contributed by atoms with Crippen molar-refractivity contribution in [3.63, 3.8) is 0 Å². The van der Waals surface area contributed by atoms with Gasteiger partial charge in [0.1, 0.15) is 11.6 Å². The average molecular weight is 193 g/mol. The molecule has 0 aliphatic rings. The molecule has 0 radical (unpaired) electrons. The standard InChI is InChI=1S/C11H12FNO/c1-3-8(7-13)9-4-10(12)6-11(5-9)14-2/h4-6,8H,3H2,1-2H3. The second kappa shape index (κ2) is 4.61. The largest absolute Gasteiger partial charge is 0.497 e. The molecule has 0 aliphatic heterocycles. The van der Waals surface area contributed by atoms with Gasteiger partial charge in [-0.15, -0.1) is 0 Å². The molecule has 0 aliphatic carbocycles. The average Bonchev–Trinajstić information content (AvgIpc) is 2.19. The molecule has 0 fully saturated rings. The molecule has 0 bridgehead atoms. The molecule has 1 atom stereocenters. The van der Waals surface area contributed by atoms with Gasteiger partial charge in [-0.25, -0.2) is 4.39 Å². The molecular weight excluding hydrogens is 181 g/mol. The molecule has 0 saturated carbocycles. The van der Waals surface area contributed by atoms with E-state index < -0.39 is 0 Å². The fourth-order valence-corrected chi connectivity index (χ4v) is 1.30. The zero-order valence-electron chi connectivity index (χ0n) is 8.25. The van der Waals surface area contributed by atoms with Gasteiger partial charge in [0.2, 0.25) is 0 Å². The Kier molecular flexibility index (Phi) is 3.47. The number of hydrogen-bond donors (Lipinski definition) is 0. The normalized spacial score (nSPS) is 11.9. The fraction of sp³-hybridized carbons (Fsp3) is 0.364. The maximum atomic E-state index is 13.1. The SMILES string of the molecule is CCC(C#N)c1cc(F)cc(OC)c1. The van der Waals surface area contributed by atoms with Crippen LogP contribution >= 0.6 is 0 Å². The van der Waals surface area contributed by atoms with E-state index in [1.165, 1.54) is 19.2 Å². The topological polar surface area (TPSA) is 33.0 Å². The first-order chi connectivity index (χ1) is 6.71. The third-order valence-electron chi connectivity index (χ3n) is 2.10. The van der Waals surface area contributed by atoms with Gasteiger partial charge in [0.25, 0.3) is 0 Å². The smallest absolute Gasteiger partial charge is 0.127 e. The van der Waals surface area contributed by atoms with E-state index in [1.54, 1.807) is 6.07 Å². The highest BCUT2D eigenvalue weighted by Crippen LogP contribution is 2.24. The third kappa shape index (κ3) is 2.23. The van der Waals surface area contributed by atoms with E-state index in [4.69, 9.17) is 10.00 Å².